The van der Waals surface area contributed by atoms with Gasteiger partial charge in [-0.3, -0.25) is 25.0 Å². The minimum atomic E-state index is -1.92. The number of nitrogens with zero attached hydrogens (tertiary/aromatic N) is 2. The molecule has 1 aliphatic rings. The first kappa shape index (κ1) is 20.2. The Bertz CT molecular complexity index is 738. The van der Waals surface area contributed by atoms with Crippen LogP contribution in [0.3, 0.4) is 0 Å². The Morgan fingerprint density at radius 1 is 1.15 bits per heavy atom. The van der Waals surface area contributed by atoms with Crippen LogP contribution in [0.2, 0.25) is 0 Å². The Morgan fingerprint density at radius 2 is 1.70 bits per heavy atom. The van der Waals surface area contributed by atoms with Crippen molar-refractivity contribution in [1.82, 2.24) is 5.32 Å². The highest BCUT2D eigenvalue weighted by Crippen LogP contribution is 2.30. The first-order valence-corrected chi connectivity index (χ1v) is 8.21. The number of carbonyl (C=O) groups excluding carboxylic acids is 2. The summed E-state index contributed by atoms with van der Waals surface area (Å²) in [7, 11) is 1.06. The van der Waals surface area contributed by atoms with E-state index in [0.29, 0.717) is 25.7 Å². The first-order chi connectivity index (χ1) is 12.7. The molecule has 2 rings (SSSR count). The van der Waals surface area contributed by atoms with Crippen molar-refractivity contribution in [2.75, 3.05) is 7.11 Å². The number of non-ortho nitro benzene ring substituents is 2. The number of rotatable bonds is 6. The molecule has 11 heteroatoms. The third-order valence-electron chi connectivity index (χ3n) is 4.52. The Balaban J connectivity index is 2.25. The van der Waals surface area contributed by atoms with Crippen molar-refractivity contribution in [3.63, 3.8) is 0 Å². The number of methoxy groups -OCH3 is 1. The first-order valence-electron chi connectivity index (χ1n) is 8.21. The van der Waals surface area contributed by atoms with E-state index >= 15 is 0 Å². The molecule has 3 atom stereocenters. The monoisotopic (exact) mass is 383 g/mol. The molecule has 0 aliphatic heterocycles. The average Bonchev–Trinajstić information content (AvgIpc) is 2.66. The van der Waals surface area contributed by atoms with Crippen LogP contribution in [-0.4, -0.2) is 41.0 Å². The highest BCUT2D eigenvalue weighted by Gasteiger charge is 2.38. The van der Waals surface area contributed by atoms with E-state index in [-0.39, 0.29) is 5.56 Å². The van der Waals surface area contributed by atoms with Crippen LogP contribution in [0.4, 0.5) is 15.8 Å². The smallest absolute Gasteiger partial charge is 0.340 e. The van der Waals surface area contributed by atoms with Gasteiger partial charge in [0.05, 0.1) is 28.6 Å². The number of carbonyl (C=O) groups is 2. The van der Waals surface area contributed by atoms with E-state index in [0.717, 1.165) is 25.3 Å². The summed E-state index contributed by atoms with van der Waals surface area (Å²) in [4.78, 5) is 44.2. The van der Waals surface area contributed by atoms with Crippen LogP contribution in [0.1, 0.15) is 36.0 Å². The number of benzene rings is 1. The topological polar surface area (TPSA) is 142 Å². The van der Waals surface area contributed by atoms with Crippen LogP contribution in [0, 0.1) is 26.1 Å². The second kappa shape index (κ2) is 8.52. The number of halogens is 1. The molecule has 0 heterocycles. The lowest BCUT2D eigenvalue weighted by atomic mass is 9.81. The lowest BCUT2D eigenvalue weighted by Gasteiger charge is -2.33. The van der Waals surface area contributed by atoms with Gasteiger partial charge in [0, 0.05) is 24.1 Å². The van der Waals surface area contributed by atoms with Crippen molar-refractivity contribution in [1.29, 1.82) is 0 Å². The van der Waals surface area contributed by atoms with Crippen molar-refractivity contribution in [3.8, 4) is 0 Å². The van der Waals surface area contributed by atoms with Gasteiger partial charge in [-0.1, -0.05) is 12.8 Å². The minimum Gasteiger partial charge on any atom is -0.467 e. The van der Waals surface area contributed by atoms with Crippen LogP contribution in [0.15, 0.2) is 18.2 Å². The zero-order valence-corrected chi connectivity index (χ0v) is 14.4. The highest BCUT2D eigenvalue weighted by molar-refractivity contribution is 5.95. The largest absolute Gasteiger partial charge is 0.467 e. The molecule has 1 aromatic carbocycles. The van der Waals surface area contributed by atoms with Gasteiger partial charge in [-0.2, -0.15) is 0 Å². The second-order valence-corrected chi connectivity index (χ2v) is 6.21. The van der Waals surface area contributed by atoms with E-state index < -0.39 is 51.2 Å². The molecule has 1 aliphatic carbocycles. The quantitative estimate of drug-likeness (QED) is 0.451. The van der Waals surface area contributed by atoms with Crippen molar-refractivity contribution in [2.45, 2.75) is 37.9 Å². The molecule has 27 heavy (non-hydrogen) atoms. The molecule has 0 aromatic heterocycles. The van der Waals surface area contributed by atoms with Gasteiger partial charge in [0.15, 0.2) is 0 Å². The Morgan fingerprint density at radius 3 is 2.22 bits per heavy atom. The summed E-state index contributed by atoms with van der Waals surface area (Å²) in [6.45, 7) is 0. The second-order valence-electron chi connectivity index (χ2n) is 6.21. The molecule has 146 valence electrons. The van der Waals surface area contributed by atoms with Crippen molar-refractivity contribution >= 4 is 23.3 Å². The standard InChI is InChI=1S/C16H18FN3O7/c1-27-16(22)14(17)12-4-2-3-5-13(12)18-15(21)9-6-10(19(23)24)8-11(7-9)20(25)26/h6-8,12-14H,2-5H2,1H3,(H,18,21)/t12-,13-,14?/m1/s1. The van der Waals surface area contributed by atoms with E-state index in [9.17, 15) is 34.2 Å². The summed E-state index contributed by atoms with van der Waals surface area (Å²) in [5.41, 5.74) is -1.49. The fraction of sp³-hybridized carbons (Fsp3) is 0.500. The molecule has 1 aromatic rings. The van der Waals surface area contributed by atoms with Crippen LogP contribution in [0.25, 0.3) is 0 Å². The molecule has 0 bridgehead atoms. The summed E-state index contributed by atoms with van der Waals surface area (Å²) >= 11 is 0. The van der Waals surface area contributed by atoms with E-state index in [1.54, 1.807) is 0 Å². The van der Waals surface area contributed by atoms with E-state index in [1.165, 1.54) is 0 Å². The molecule has 1 unspecified atom stereocenters. The summed E-state index contributed by atoms with van der Waals surface area (Å²) in [6, 6.07) is 1.87. The number of nitrogens with one attached hydrogen (secondary N) is 1. The molecule has 10 nitrogen and oxygen atoms in total. The minimum absolute atomic E-state index is 0.284. The Hall–Kier alpha value is -3.11. The van der Waals surface area contributed by atoms with Gasteiger partial charge in [0.1, 0.15) is 0 Å². The van der Waals surface area contributed by atoms with E-state index in [2.05, 4.69) is 10.1 Å². The highest BCUT2D eigenvalue weighted by atomic mass is 19.1. The fourth-order valence-electron chi connectivity index (χ4n) is 3.17. The summed E-state index contributed by atoms with van der Waals surface area (Å²) in [6.07, 6.45) is 0.225. The predicted molar refractivity (Wildman–Crippen MR) is 89.9 cm³/mol. The molecule has 1 fully saturated rings. The van der Waals surface area contributed by atoms with Crippen LogP contribution in [-0.2, 0) is 9.53 Å². The maximum Gasteiger partial charge on any atom is 0.340 e. The molecule has 0 spiro atoms. The van der Waals surface area contributed by atoms with Gasteiger partial charge in [-0.15, -0.1) is 0 Å². The number of alkyl halides is 1. The molecular weight excluding hydrogens is 365 g/mol. The van der Waals surface area contributed by atoms with Crippen LogP contribution in [0.5, 0.6) is 0 Å². The number of amides is 1. The number of hydrogen-bond acceptors (Lipinski definition) is 7. The predicted octanol–water partition coefficient (Wildman–Crippen LogP) is 2.30. The van der Waals surface area contributed by atoms with Gasteiger partial charge in [0.2, 0.25) is 6.17 Å². The molecule has 1 N–H and O–H groups in total. The zero-order valence-electron chi connectivity index (χ0n) is 14.4. The van der Waals surface area contributed by atoms with Gasteiger partial charge in [-0.05, 0) is 12.8 Å². The average molecular weight is 383 g/mol. The number of nitro groups is 2. The number of ether oxygens (including phenoxy) is 1. The fourth-order valence-corrected chi connectivity index (χ4v) is 3.17. The van der Waals surface area contributed by atoms with Gasteiger partial charge in [-0.25, -0.2) is 9.18 Å². The van der Waals surface area contributed by atoms with Crippen molar-refractivity contribution < 1.29 is 28.6 Å². The number of nitro benzene ring substituents is 2. The third-order valence-corrected chi connectivity index (χ3v) is 4.52. The summed E-state index contributed by atoms with van der Waals surface area (Å²) in [5, 5.41) is 24.4. The van der Waals surface area contributed by atoms with Gasteiger partial charge < -0.3 is 10.1 Å². The van der Waals surface area contributed by atoms with E-state index in [1.807, 2.05) is 0 Å². The van der Waals surface area contributed by atoms with Gasteiger partial charge in [0.25, 0.3) is 17.3 Å². The summed E-state index contributed by atoms with van der Waals surface area (Å²) < 4.78 is 18.7. The summed E-state index contributed by atoms with van der Waals surface area (Å²) in [5.74, 6) is -2.65. The maximum absolute atomic E-state index is 14.3. The lowest BCUT2D eigenvalue weighted by molar-refractivity contribution is -0.394. The van der Waals surface area contributed by atoms with Crippen LogP contribution < -0.4 is 5.32 Å². The molecular formula is C16H18FN3O7. The number of hydrogen-bond donors (Lipinski definition) is 1. The Kier molecular flexibility index (Phi) is 6.37. The van der Waals surface area contributed by atoms with Crippen LogP contribution >= 0.6 is 0 Å². The van der Waals surface area contributed by atoms with Crippen molar-refractivity contribution in [2.24, 2.45) is 5.92 Å². The lowest BCUT2D eigenvalue weighted by Crippen LogP contribution is -2.47. The third kappa shape index (κ3) is 4.74. The SMILES string of the molecule is COC(=O)C(F)[C@@H]1CCCC[C@H]1NC(=O)c1cc([N+](=O)[O-])cc([N+](=O)[O-])c1. The number of esters is 1. The Labute approximate surface area is 153 Å². The van der Waals surface area contributed by atoms with Crippen molar-refractivity contribution in [3.05, 3.63) is 44.0 Å². The maximum atomic E-state index is 14.3. The molecule has 1 saturated carbocycles. The zero-order chi connectivity index (χ0) is 20.1. The van der Waals surface area contributed by atoms with Gasteiger partial charge >= 0.3 is 5.97 Å². The van der Waals surface area contributed by atoms with E-state index in [4.69, 9.17) is 0 Å². The molecule has 0 radical (unpaired) electrons. The molecule has 1 amide bonds. The molecule has 0 saturated heterocycles. The normalized spacial score (nSPS) is 20.4.